The fourth-order valence-corrected chi connectivity index (χ4v) is 5.29. The van der Waals surface area contributed by atoms with Crippen molar-refractivity contribution in [3.8, 4) is 17.3 Å². The lowest BCUT2D eigenvalue weighted by Gasteiger charge is -2.24. The van der Waals surface area contributed by atoms with Gasteiger partial charge in [0.1, 0.15) is 11.6 Å². The first-order valence-electron chi connectivity index (χ1n) is 11.8. The van der Waals surface area contributed by atoms with E-state index >= 15 is 0 Å². The van der Waals surface area contributed by atoms with Crippen LogP contribution >= 0.6 is 0 Å². The van der Waals surface area contributed by atoms with Crippen LogP contribution in [0.3, 0.4) is 0 Å². The van der Waals surface area contributed by atoms with Gasteiger partial charge in [0.15, 0.2) is 0 Å². The normalized spacial score (nSPS) is 22.5. The van der Waals surface area contributed by atoms with Crippen molar-refractivity contribution >= 4 is 23.1 Å². The monoisotopic (exact) mass is 486 g/mol. The third kappa shape index (κ3) is 3.82. The number of benzene rings is 1. The summed E-state index contributed by atoms with van der Waals surface area (Å²) < 4.78 is 20.6. The van der Waals surface area contributed by atoms with Crippen molar-refractivity contribution in [1.29, 1.82) is 5.26 Å². The fourth-order valence-electron chi connectivity index (χ4n) is 5.29. The first-order chi connectivity index (χ1) is 17.4. The van der Waals surface area contributed by atoms with Gasteiger partial charge in [0, 0.05) is 19.5 Å². The summed E-state index contributed by atoms with van der Waals surface area (Å²) in [7, 11) is 0. The highest BCUT2D eigenvalue weighted by atomic mass is 19.1. The van der Waals surface area contributed by atoms with E-state index in [9.17, 15) is 19.6 Å². The minimum Gasteiger partial charge on any atom is -0.391 e. The molecule has 2 fully saturated rings. The molecule has 2 aromatic heterocycles. The SMILES string of the molecule is N#Cc1cccc(F)c1-c1cc(Nc2ccc(N3CC[C@@]4(C[C@H](O)CO4)C3)cn2)c2c(n1)CNC2=O. The molecule has 1 spiro atoms. The van der Waals surface area contributed by atoms with Crippen molar-refractivity contribution in [2.45, 2.75) is 31.1 Å². The molecule has 9 nitrogen and oxygen atoms in total. The highest BCUT2D eigenvalue weighted by molar-refractivity contribution is 6.04. The Balaban J connectivity index is 1.29. The molecule has 0 aliphatic carbocycles. The zero-order valence-electron chi connectivity index (χ0n) is 19.3. The number of anilines is 3. The van der Waals surface area contributed by atoms with Crippen molar-refractivity contribution < 1.29 is 19.0 Å². The lowest BCUT2D eigenvalue weighted by Crippen LogP contribution is -2.33. The Kier molecular flexibility index (Phi) is 5.32. The van der Waals surface area contributed by atoms with Crippen LogP contribution in [-0.2, 0) is 11.3 Å². The second-order valence-corrected chi connectivity index (χ2v) is 9.38. The predicted molar refractivity (Wildman–Crippen MR) is 129 cm³/mol. The number of nitrogens with one attached hydrogen (secondary N) is 2. The molecule has 2 atom stereocenters. The van der Waals surface area contributed by atoms with Gasteiger partial charge in [-0.3, -0.25) is 4.79 Å². The maximum atomic E-state index is 14.7. The highest BCUT2D eigenvalue weighted by Gasteiger charge is 2.45. The zero-order valence-corrected chi connectivity index (χ0v) is 19.3. The Morgan fingerprint density at radius 3 is 2.94 bits per heavy atom. The first kappa shape index (κ1) is 22.4. The fraction of sp³-hybridized carbons (Fsp3) is 0.308. The minimum atomic E-state index is -0.561. The average Bonchev–Trinajstić information content (AvgIpc) is 3.58. The molecule has 2 saturated heterocycles. The van der Waals surface area contributed by atoms with E-state index in [1.165, 1.54) is 18.2 Å². The summed E-state index contributed by atoms with van der Waals surface area (Å²) in [6, 6.07) is 11.6. The number of halogens is 1. The molecule has 0 unspecified atom stereocenters. The van der Waals surface area contributed by atoms with Crippen molar-refractivity contribution in [1.82, 2.24) is 15.3 Å². The van der Waals surface area contributed by atoms with Gasteiger partial charge in [-0.05, 0) is 36.8 Å². The third-order valence-corrected chi connectivity index (χ3v) is 7.01. The van der Waals surface area contributed by atoms with Crippen molar-refractivity contribution in [3.63, 3.8) is 0 Å². The molecule has 182 valence electrons. The summed E-state index contributed by atoms with van der Waals surface area (Å²) in [5, 5.41) is 25.3. The molecule has 1 amide bonds. The number of nitrogens with zero attached hydrogens (tertiary/aromatic N) is 4. The second kappa shape index (κ2) is 8.55. The number of rotatable bonds is 4. The number of amides is 1. The number of fused-ring (bicyclic) bond motifs is 1. The first-order valence-corrected chi connectivity index (χ1v) is 11.8. The van der Waals surface area contributed by atoms with E-state index in [0.29, 0.717) is 42.3 Å². The molecule has 3 aliphatic heterocycles. The molecule has 3 aliphatic rings. The molecule has 36 heavy (non-hydrogen) atoms. The molecule has 0 radical (unpaired) electrons. The lowest BCUT2D eigenvalue weighted by molar-refractivity contribution is 0.0185. The number of hydrogen-bond acceptors (Lipinski definition) is 8. The van der Waals surface area contributed by atoms with Gasteiger partial charge in [-0.25, -0.2) is 14.4 Å². The van der Waals surface area contributed by atoms with Gasteiger partial charge in [-0.15, -0.1) is 0 Å². The molecular formula is C26H23FN6O3. The van der Waals surface area contributed by atoms with Crippen LogP contribution in [0.5, 0.6) is 0 Å². The number of aliphatic hydroxyl groups excluding tert-OH is 1. The number of carbonyl (C=O) groups is 1. The van der Waals surface area contributed by atoms with Crippen LogP contribution in [0.4, 0.5) is 21.6 Å². The number of nitriles is 1. The van der Waals surface area contributed by atoms with Gasteiger partial charge < -0.3 is 25.4 Å². The smallest absolute Gasteiger partial charge is 0.255 e. The molecule has 0 saturated carbocycles. The minimum absolute atomic E-state index is 0.0933. The predicted octanol–water partition coefficient (Wildman–Crippen LogP) is 2.87. The highest BCUT2D eigenvalue weighted by Crippen LogP contribution is 2.38. The molecular weight excluding hydrogens is 463 g/mol. The van der Waals surface area contributed by atoms with Crippen LogP contribution in [-0.4, -0.2) is 52.4 Å². The standard InChI is InChI=1S/C26H23FN6O3/c27-18-3-1-2-15(10-28)23(18)19-8-20(24-21(31-19)12-30-25(24)35)32-22-5-4-16(11-29-22)33-7-6-26(14-33)9-17(34)13-36-26/h1-5,8,11,17,34H,6-7,9,12-14H2,(H,30,35)(H,29,31,32)/t17-,26+/m0/s1. The number of pyridine rings is 2. The molecule has 0 bridgehead atoms. The Morgan fingerprint density at radius 2 is 2.19 bits per heavy atom. The van der Waals surface area contributed by atoms with Crippen LogP contribution in [0, 0.1) is 17.1 Å². The Hall–Kier alpha value is -4.07. The quantitative estimate of drug-likeness (QED) is 0.515. The van der Waals surface area contributed by atoms with E-state index in [0.717, 1.165) is 18.7 Å². The van der Waals surface area contributed by atoms with Crippen molar-refractivity contribution in [2.24, 2.45) is 0 Å². The maximum absolute atomic E-state index is 14.7. The topological polar surface area (TPSA) is 123 Å². The van der Waals surface area contributed by atoms with E-state index in [1.54, 1.807) is 12.3 Å². The van der Waals surface area contributed by atoms with Gasteiger partial charge in [0.25, 0.3) is 5.91 Å². The molecule has 5 heterocycles. The van der Waals surface area contributed by atoms with Gasteiger partial charge in [0.2, 0.25) is 0 Å². The largest absolute Gasteiger partial charge is 0.391 e. The summed E-state index contributed by atoms with van der Waals surface area (Å²) in [4.78, 5) is 23.7. The van der Waals surface area contributed by atoms with Crippen molar-refractivity contribution in [2.75, 3.05) is 29.9 Å². The average molecular weight is 487 g/mol. The van der Waals surface area contributed by atoms with Gasteiger partial charge in [-0.2, -0.15) is 5.26 Å². The maximum Gasteiger partial charge on any atom is 0.255 e. The van der Waals surface area contributed by atoms with Crippen LogP contribution in [0.2, 0.25) is 0 Å². The summed E-state index contributed by atoms with van der Waals surface area (Å²) in [6.45, 7) is 2.10. The Bertz CT molecular complexity index is 1410. The molecule has 6 rings (SSSR count). The molecule has 10 heteroatoms. The summed E-state index contributed by atoms with van der Waals surface area (Å²) in [5.74, 6) is -0.332. The number of aromatic nitrogens is 2. The Morgan fingerprint density at radius 1 is 1.31 bits per heavy atom. The number of ether oxygens (including phenoxy) is 1. The van der Waals surface area contributed by atoms with E-state index in [1.807, 2.05) is 18.2 Å². The second-order valence-electron chi connectivity index (χ2n) is 9.38. The number of aliphatic hydroxyl groups is 1. The van der Waals surface area contributed by atoms with Crippen molar-refractivity contribution in [3.05, 3.63) is 65.2 Å². The summed E-state index contributed by atoms with van der Waals surface area (Å²) >= 11 is 0. The molecule has 1 aromatic carbocycles. The third-order valence-electron chi connectivity index (χ3n) is 7.01. The van der Waals surface area contributed by atoms with Gasteiger partial charge in [-0.1, -0.05) is 6.07 Å². The summed E-state index contributed by atoms with van der Waals surface area (Å²) in [6.07, 6.45) is 2.84. The lowest BCUT2D eigenvalue weighted by atomic mass is 9.98. The van der Waals surface area contributed by atoms with Crippen LogP contribution in [0.15, 0.2) is 42.6 Å². The van der Waals surface area contributed by atoms with E-state index < -0.39 is 11.9 Å². The van der Waals surface area contributed by atoms with E-state index in [4.69, 9.17) is 4.74 Å². The molecule has 3 N–H and O–H groups in total. The van der Waals surface area contributed by atoms with Crippen LogP contribution < -0.4 is 15.5 Å². The van der Waals surface area contributed by atoms with Crippen LogP contribution in [0.25, 0.3) is 11.3 Å². The number of hydrogen-bond donors (Lipinski definition) is 3. The zero-order chi connectivity index (χ0) is 24.9. The van der Waals surface area contributed by atoms with E-state index in [2.05, 4.69) is 25.5 Å². The molecule has 3 aromatic rings. The van der Waals surface area contributed by atoms with Gasteiger partial charge in [0.05, 0.1) is 76.6 Å². The van der Waals surface area contributed by atoms with Crippen LogP contribution in [0.1, 0.15) is 34.5 Å². The van der Waals surface area contributed by atoms with E-state index in [-0.39, 0.29) is 34.9 Å². The summed E-state index contributed by atoms with van der Waals surface area (Å²) in [5.41, 5.74) is 2.44. The Labute approximate surface area is 206 Å². The number of carbonyl (C=O) groups excluding carboxylic acids is 1. The van der Waals surface area contributed by atoms with Gasteiger partial charge >= 0.3 is 0 Å².